The number of pyridine rings is 1. The van der Waals surface area contributed by atoms with E-state index in [9.17, 15) is 0 Å². The van der Waals surface area contributed by atoms with Gasteiger partial charge in [-0.1, -0.05) is 109 Å². The monoisotopic (exact) mass is 762 g/mol. The van der Waals surface area contributed by atoms with Crippen LogP contribution in [0.4, 0.5) is 0 Å². The van der Waals surface area contributed by atoms with Crippen LogP contribution in [0.15, 0.2) is 186 Å². The van der Waals surface area contributed by atoms with E-state index < -0.39 is 0 Å². The van der Waals surface area contributed by atoms with Crippen molar-refractivity contribution >= 4 is 49.5 Å². The lowest BCUT2D eigenvalue weighted by Gasteiger charge is -2.27. The molecular formula is C53H34N2S2. The highest BCUT2D eigenvalue weighted by Crippen LogP contribution is 2.53. The summed E-state index contributed by atoms with van der Waals surface area (Å²) in [4.78, 5) is 10.5. The van der Waals surface area contributed by atoms with Gasteiger partial charge in [0, 0.05) is 60.5 Å². The molecule has 12 rings (SSSR count). The highest BCUT2D eigenvalue weighted by atomic mass is 32.2. The van der Waals surface area contributed by atoms with Gasteiger partial charge in [0.05, 0.1) is 0 Å². The van der Waals surface area contributed by atoms with Crippen molar-refractivity contribution in [1.29, 1.82) is 0 Å². The van der Waals surface area contributed by atoms with Gasteiger partial charge in [-0.2, -0.15) is 0 Å². The summed E-state index contributed by atoms with van der Waals surface area (Å²) in [5.74, 6) is 0. The van der Waals surface area contributed by atoms with Gasteiger partial charge in [0.2, 0.25) is 0 Å². The zero-order valence-corrected chi connectivity index (χ0v) is 32.7. The standard InChI is InChI=1S/C53H34N2S2/c1-53-31-55-24-22-51(53)57-50-20-18-33(29-47(50)53)35-25-34(32-17-19-48-45(28-32)46-30-54-23-21-49(46)56-48)26-36(27-35)37-15-8-16-44-42-12-5-4-11-40(42)38-9-2-3-10-39(38)41-13-6-7-14-43(41)52(37)44/h2-31,51H,1H3. The maximum atomic E-state index is 4.62. The third-order valence-corrected chi connectivity index (χ3v) is 14.9. The summed E-state index contributed by atoms with van der Waals surface area (Å²) in [6, 6.07) is 57.0. The van der Waals surface area contributed by atoms with E-state index in [2.05, 4.69) is 181 Å². The largest absolute Gasteiger partial charge is 0.268 e. The molecule has 4 heteroatoms. The number of aromatic nitrogens is 1. The molecule has 9 aromatic rings. The summed E-state index contributed by atoms with van der Waals surface area (Å²) >= 11 is 3.78. The van der Waals surface area contributed by atoms with Crippen molar-refractivity contribution in [1.82, 2.24) is 4.98 Å². The molecule has 2 aromatic heterocycles. The van der Waals surface area contributed by atoms with Crippen LogP contribution < -0.4 is 0 Å². The smallest absolute Gasteiger partial charge is 0.0446 e. The van der Waals surface area contributed by atoms with Gasteiger partial charge in [0.25, 0.3) is 0 Å². The highest BCUT2D eigenvalue weighted by molar-refractivity contribution is 8.00. The zero-order valence-electron chi connectivity index (χ0n) is 31.1. The van der Waals surface area contributed by atoms with Gasteiger partial charge >= 0.3 is 0 Å². The third kappa shape index (κ3) is 5.04. The van der Waals surface area contributed by atoms with E-state index in [1.165, 1.54) is 109 Å². The molecule has 0 N–H and O–H groups in total. The Morgan fingerprint density at radius 1 is 0.509 bits per heavy atom. The molecule has 0 spiro atoms. The molecular weight excluding hydrogens is 729 g/mol. The molecule has 0 radical (unpaired) electrons. The minimum Gasteiger partial charge on any atom is -0.268 e. The lowest BCUT2D eigenvalue weighted by Crippen LogP contribution is -2.32. The average molecular weight is 763 g/mol. The summed E-state index contributed by atoms with van der Waals surface area (Å²) in [7, 11) is 0. The molecule has 268 valence electrons. The Hall–Kier alpha value is -6.33. The molecule has 57 heavy (non-hydrogen) atoms. The molecule has 3 aliphatic rings. The maximum absolute atomic E-state index is 4.62. The Morgan fingerprint density at radius 3 is 1.86 bits per heavy atom. The van der Waals surface area contributed by atoms with E-state index in [0.717, 1.165) is 0 Å². The molecule has 1 aliphatic carbocycles. The van der Waals surface area contributed by atoms with Gasteiger partial charge in [-0.05, 0) is 139 Å². The third-order valence-electron chi connectivity index (χ3n) is 12.3. The number of fused-ring (bicyclic) bond motifs is 14. The number of hydrogen-bond acceptors (Lipinski definition) is 4. The van der Waals surface area contributed by atoms with Crippen LogP contribution in [0.5, 0.6) is 0 Å². The first kappa shape index (κ1) is 32.9. The van der Waals surface area contributed by atoms with Crippen molar-refractivity contribution in [2.45, 2.75) is 22.5 Å². The van der Waals surface area contributed by atoms with E-state index in [1.54, 1.807) is 0 Å². The molecule has 4 heterocycles. The van der Waals surface area contributed by atoms with E-state index in [0.29, 0.717) is 5.25 Å². The number of thioether (sulfide) groups is 1. The van der Waals surface area contributed by atoms with Crippen LogP contribution in [-0.4, -0.2) is 16.4 Å². The van der Waals surface area contributed by atoms with Crippen LogP contribution in [0.3, 0.4) is 0 Å². The minimum atomic E-state index is -0.146. The van der Waals surface area contributed by atoms with Crippen LogP contribution in [0.25, 0.3) is 98.1 Å². The molecule has 0 bridgehead atoms. The quantitative estimate of drug-likeness (QED) is 0.179. The Balaban J connectivity index is 1.13. The van der Waals surface area contributed by atoms with Gasteiger partial charge in [-0.25, -0.2) is 0 Å². The van der Waals surface area contributed by atoms with Crippen LogP contribution in [0, 0.1) is 0 Å². The van der Waals surface area contributed by atoms with E-state index in [-0.39, 0.29) is 5.41 Å². The lowest BCUT2D eigenvalue weighted by atomic mass is 9.77. The van der Waals surface area contributed by atoms with Gasteiger partial charge in [0.15, 0.2) is 0 Å². The van der Waals surface area contributed by atoms with Crippen molar-refractivity contribution in [3.63, 3.8) is 0 Å². The van der Waals surface area contributed by atoms with Gasteiger partial charge in [0.1, 0.15) is 0 Å². The van der Waals surface area contributed by atoms with Crippen molar-refractivity contribution in [2.75, 3.05) is 0 Å². The topological polar surface area (TPSA) is 25.2 Å². The second kappa shape index (κ2) is 12.6. The summed E-state index contributed by atoms with van der Waals surface area (Å²) in [5.41, 5.74) is 18.4. The Labute approximate surface area is 339 Å². The van der Waals surface area contributed by atoms with Gasteiger partial charge in [-0.3, -0.25) is 9.98 Å². The normalized spacial score (nSPS) is 17.2. The highest BCUT2D eigenvalue weighted by Gasteiger charge is 2.42. The number of rotatable bonds is 3. The molecule has 2 aliphatic heterocycles. The Morgan fingerprint density at radius 2 is 1.11 bits per heavy atom. The fourth-order valence-electron chi connectivity index (χ4n) is 9.42. The first-order valence-electron chi connectivity index (χ1n) is 19.5. The number of hydrogen-bond donors (Lipinski definition) is 0. The average Bonchev–Trinajstić information content (AvgIpc) is 3.79. The first-order valence-corrected chi connectivity index (χ1v) is 21.2. The number of nitrogens with zero attached hydrogens (tertiary/aromatic N) is 2. The van der Waals surface area contributed by atoms with E-state index in [4.69, 9.17) is 0 Å². The molecule has 7 aromatic carbocycles. The lowest BCUT2D eigenvalue weighted by molar-refractivity contribution is 0.677. The van der Waals surface area contributed by atoms with Crippen molar-refractivity contribution in [2.24, 2.45) is 4.99 Å². The van der Waals surface area contributed by atoms with Gasteiger partial charge < -0.3 is 0 Å². The van der Waals surface area contributed by atoms with E-state index in [1.807, 2.05) is 41.7 Å². The number of aliphatic imine (C=N–C) groups is 1. The molecule has 0 fully saturated rings. The predicted octanol–water partition coefficient (Wildman–Crippen LogP) is 14.8. The van der Waals surface area contributed by atoms with Crippen molar-refractivity contribution in [3.05, 3.63) is 182 Å². The van der Waals surface area contributed by atoms with Crippen LogP contribution in [0.1, 0.15) is 12.5 Å². The maximum Gasteiger partial charge on any atom is 0.0446 e. The molecule has 0 saturated heterocycles. The fraction of sp³-hybridized carbons (Fsp3) is 0.0566. The predicted molar refractivity (Wildman–Crippen MR) is 243 cm³/mol. The molecule has 2 atom stereocenters. The summed E-state index contributed by atoms with van der Waals surface area (Å²) in [6.45, 7) is 2.33. The van der Waals surface area contributed by atoms with Crippen LogP contribution in [0.2, 0.25) is 0 Å². The number of benzene rings is 7. The van der Waals surface area contributed by atoms with E-state index >= 15 is 0 Å². The molecule has 2 nitrogen and oxygen atoms in total. The SMILES string of the molecule is CC12C=NC=CC1Sc1ccc(-c3cc(-c4ccc5sc6ccncc6c5c4)cc(-c4cccc5c4-c4ccccc4-c4ccccc4-c4ccccc4-5)c3)cc12. The fourth-order valence-corrected chi connectivity index (χ4v) is 11.9. The zero-order chi connectivity index (χ0) is 37.7. The summed E-state index contributed by atoms with van der Waals surface area (Å²) < 4.78 is 2.54. The Kier molecular flexibility index (Phi) is 7.26. The van der Waals surface area contributed by atoms with Crippen LogP contribution in [-0.2, 0) is 5.41 Å². The van der Waals surface area contributed by atoms with Crippen molar-refractivity contribution < 1.29 is 0 Å². The van der Waals surface area contributed by atoms with Gasteiger partial charge in [-0.15, -0.1) is 23.1 Å². The molecule has 2 unspecified atom stereocenters. The van der Waals surface area contributed by atoms with Crippen LogP contribution >= 0.6 is 23.1 Å². The second-order valence-corrected chi connectivity index (χ2v) is 17.8. The summed E-state index contributed by atoms with van der Waals surface area (Å²) in [6.07, 6.45) is 10.2. The molecule has 0 amide bonds. The minimum absolute atomic E-state index is 0.146. The second-order valence-electron chi connectivity index (χ2n) is 15.5. The first-order chi connectivity index (χ1) is 28.1. The summed E-state index contributed by atoms with van der Waals surface area (Å²) in [5, 5.41) is 2.80. The van der Waals surface area contributed by atoms with Crippen molar-refractivity contribution in [3.8, 4) is 77.9 Å². The number of thiophene rings is 1. The Bertz CT molecular complexity index is 3200. The molecule has 0 saturated carbocycles.